The van der Waals surface area contributed by atoms with Crippen molar-refractivity contribution in [3.63, 3.8) is 0 Å². The van der Waals surface area contributed by atoms with Crippen LogP contribution >= 0.6 is 0 Å². The fourth-order valence-electron chi connectivity index (χ4n) is 4.70. The molecule has 4 rings (SSSR count). The summed E-state index contributed by atoms with van der Waals surface area (Å²) in [7, 11) is 4.86. The zero-order valence-corrected chi connectivity index (χ0v) is 19.6. The molecule has 0 spiro atoms. The first-order valence-corrected chi connectivity index (χ1v) is 11.2. The van der Waals surface area contributed by atoms with Gasteiger partial charge >= 0.3 is 0 Å². The topological polar surface area (TPSA) is 68.2 Å². The molecule has 1 heterocycles. The first-order chi connectivity index (χ1) is 16.9. The van der Waals surface area contributed by atoms with Crippen LogP contribution in [0.3, 0.4) is 0 Å². The number of methoxy groups -OCH3 is 2. The SMILES string of the molecule is C#C[C@]1(F)[C@H]([B]C(c2ccccc2)(c2ccc(OC)cc2)c2ccc(OC)cc2)O[C@H](CO)[C@H]1O. The van der Waals surface area contributed by atoms with Crippen LogP contribution in [0, 0.1) is 12.3 Å². The van der Waals surface area contributed by atoms with Gasteiger partial charge in [0.2, 0.25) is 5.67 Å². The molecule has 4 atom stereocenters. The van der Waals surface area contributed by atoms with Crippen LogP contribution in [0.4, 0.5) is 4.39 Å². The summed E-state index contributed by atoms with van der Waals surface area (Å²) < 4.78 is 32.6. The number of alkyl halides is 1. The van der Waals surface area contributed by atoms with Crippen molar-refractivity contribution in [2.45, 2.75) is 29.2 Å². The molecule has 7 heteroatoms. The second kappa shape index (κ2) is 10.1. The molecular weight excluding hydrogens is 446 g/mol. The highest BCUT2D eigenvalue weighted by atomic mass is 19.1. The number of terminal acetylenes is 1. The molecule has 35 heavy (non-hydrogen) atoms. The number of rotatable bonds is 8. The van der Waals surface area contributed by atoms with Crippen molar-refractivity contribution >= 4 is 7.28 Å². The maximum absolute atomic E-state index is 16.1. The van der Waals surface area contributed by atoms with Gasteiger partial charge in [0.15, 0.2) is 7.28 Å². The molecule has 1 aliphatic heterocycles. The summed E-state index contributed by atoms with van der Waals surface area (Å²) in [6.07, 6.45) is 2.74. The lowest BCUT2D eigenvalue weighted by Crippen LogP contribution is -2.52. The quantitative estimate of drug-likeness (QED) is 0.299. The Morgan fingerprint density at radius 1 is 0.943 bits per heavy atom. The van der Waals surface area contributed by atoms with Crippen LogP contribution in [-0.2, 0) is 10.1 Å². The lowest BCUT2D eigenvalue weighted by Gasteiger charge is -2.39. The molecule has 1 saturated heterocycles. The predicted molar refractivity (Wildman–Crippen MR) is 132 cm³/mol. The highest BCUT2D eigenvalue weighted by molar-refractivity contribution is 6.45. The van der Waals surface area contributed by atoms with E-state index in [1.807, 2.05) is 78.9 Å². The lowest BCUT2D eigenvalue weighted by molar-refractivity contribution is -0.00852. The molecule has 3 aromatic carbocycles. The zero-order valence-electron chi connectivity index (χ0n) is 19.6. The first-order valence-electron chi connectivity index (χ1n) is 11.2. The monoisotopic (exact) mass is 473 g/mol. The molecule has 0 aromatic heterocycles. The molecule has 0 amide bonds. The summed E-state index contributed by atoms with van der Waals surface area (Å²) in [6, 6.07) is 23.2. The number of hydrogen-bond acceptors (Lipinski definition) is 5. The van der Waals surface area contributed by atoms with E-state index in [4.69, 9.17) is 20.6 Å². The summed E-state index contributed by atoms with van der Waals surface area (Å²) in [6.45, 7) is -0.567. The Morgan fingerprint density at radius 3 is 1.86 bits per heavy atom. The number of benzene rings is 3. The third-order valence-electron chi connectivity index (χ3n) is 6.64. The fourth-order valence-corrected chi connectivity index (χ4v) is 4.70. The first kappa shape index (κ1) is 24.8. The molecule has 1 radical (unpaired) electrons. The van der Waals surface area contributed by atoms with Crippen molar-refractivity contribution in [3.8, 4) is 23.8 Å². The van der Waals surface area contributed by atoms with E-state index < -0.39 is 35.8 Å². The second-order valence-electron chi connectivity index (χ2n) is 8.43. The molecular formula is C28H27BFO5. The second-order valence-corrected chi connectivity index (χ2v) is 8.43. The molecule has 2 N–H and O–H groups in total. The van der Waals surface area contributed by atoms with Gasteiger partial charge < -0.3 is 24.4 Å². The fraction of sp³-hybridized carbons (Fsp3) is 0.286. The zero-order chi connectivity index (χ0) is 25.1. The van der Waals surface area contributed by atoms with Gasteiger partial charge in [0.1, 0.15) is 23.7 Å². The van der Waals surface area contributed by atoms with Gasteiger partial charge in [-0.05, 0) is 41.0 Å². The standard InChI is InChI=1S/C28H27BFO5/c1-4-27(30)25(32)24(18-31)35-26(27)29-28(19-8-6-5-7-9-19,20-10-14-22(33-2)15-11-20)21-12-16-23(34-3)17-13-21/h1,5-17,24-26,31-32H,18H2,2-3H3/t24-,25-,26-,27-/m1/s1. The van der Waals surface area contributed by atoms with Crippen molar-refractivity contribution in [2.75, 3.05) is 20.8 Å². The van der Waals surface area contributed by atoms with Crippen LogP contribution in [0.15, 0.2) is 78.9 Å². The van der Waals surface area contributed by atoms with E-state index in [1.165, 1.54) is 0 Å². The third-order valence-corrected chi connectivity index (χ3v) is 6.64. The third kappa shape index (κ3) is 4.30. The summed E-state index contributed by atoms with van der Waals surface area (Å²) in [5.74, 6) is 3.43. The summed E-state index contributed by atoms with van der Waals surface area (Å²) >= 11 is 0. The predicted octanol–water partition coefficient (Wildman–Crippen LogP) is 3.12. The van der Waals surface area contributed by atoms with Crippen LogP contribution < -0.4 is 9.47 Å². The van der Waals surface area contributed by atoms with E-state index in [-0.39, 0.29) is 0 Å². The average molecular weight is 473 g/mol. The highest BCUT2D eigenvalue weighted by Gasteiger charge is 2.58. The minimum atomic E-state index is -2.54. The lowest BCUT2D eigenvalue weighted by atomic mass is 9.40. The van der Waals surface area contributed by atoms with E-state index in [2.05, 4.69) is 5.92 Å². The number of aliphatic hydroxyl groups excluding tert-OH is 2. The van der Waals surface area contributed by atoms with E-state index in [1.54, 1.807) is 21.5 Å². The number of hydrogen-bond donors (Lipinski definition) is 2. The number of aliphatic hydroxyl groups is 2. The van der Waals surface area contributed by atoms with Gasteiger partial charge in [0.05, 0.1) is 26.8 Å². The van der Waals surface area contributed by atoms with Gasteiger partial charge in [0, 0.05) is 5.31 Å². The molecule has 1 fully saturated rings. The van der Waals surface area contributed by atoms with Crippen molar-refractivity contribution in [1.82, 2.24) is 0 Å². The Labute approximate surface area is 205 Å². The maximum atomic E-state index is 16.1. The Kier molecular flexibility index (Phi) is 7.18. The molecule has 5 nitrogen and oxygen atoms in total. The van der Waals surface area contributed by atoms with Crippen LogP contribution in [0.5, 0.6) is 11.5 Å². The summed E-state index contributed by atoms with van der Waals surface area (Å²) in [4.78, 5) is 0. The molecule has 0 saturated carbocycles. The van der Waals surface area contributed by atoms with Crippen LogP contribution in [0.25, 0.3) is 0 Å². The van der Waals surface area contributed by atoms with E-state index >= 15 is 4.39 Å². The van der Waals surface area contributed by atoms with Gasteiger partial charge in [-0.15, -0.1) is 6.42 Å². The number of ether oxygens (including phenoxy) is 3. The number of halogens is 1. The van der Waals surface area contributed by atoms with Crippen molar-refractivity contribution < 1.29 is 28.8 Å². The van der Waals surface area contributed by atoms with Crippen molar-refractivity contribution in [2.24, 2.45) is 0 Å². The Bertz CT molecular complexity index is 1120. The molecule has 1 aliphatic rings. The Hall–Kier alpha value is -3.31. The molecule has 3 aromatic rings. The largest absolute Gasteiger partial charge is 0.497 e. The average Bonchev–Trinajstić information content (AvgIpc) is 3.17. The molecule has 0 unspecified atom stereocenters. The van der Waals surface area contributed by atoms with Crippen molar-refractivity contribution in [1.29, 1.82) is 0 Å². The maximum Gasteiger partial charge on any atom is 0.216 e. The van der Waals surface area contributed by atoms with Crippen molar-refractivity contribution in [3.05, 3.63) is 95.6 Å². The minimum absolute atomic E-state index is 0.567. The normalized spacial score (nSPS) is 23.9. The molecule has 0 aliphatic carbocycles. The summed E-state index contributed by atoms with van der Waals surface area (Å²) in [5, 5.41) is 19.2. The summed E-state index contributed by atoms with van der Waals surface area (Å²) in [5.41, 5.74) is -0.0915. The van der Waals surface area contributed by atoms with Gasteiger partial charge in [-0.1, -0.05) is 60.5 Å². The molecule has 179 valence electrons. The van der Waals surface area contributed by atoms with Gasteiger partial charge in [-0.3, -0.25) is 0 Å². The van der Waals surface area contributed by atoms with Gasteiger partial charge in [-0.2, -0.15) is 0 Å². The molecule has 0 bridgehead atoms. The van der Waals surface area contributed by atoms with E-state index in [9.17, 15) is 10.2 Å². The highest BCUT2D eigenvalue weighted by Crippen LogP contribution is 2.44. The van der Waals surface area contributed by atoms with E-state index in [0.717, 1.165) is 16.7 Å². The van der Waals surface area contributed by atoms with E-state index in [0.29, 0.717) is 11.5 Å². The Balaban J connectivity index is 1.96. The Morgan fingerprint density at radius 2 is 1.43 bits per heavy atom. The minimum Gasteiger partial charge on any atom is -0.497 e. The van der Waals surface area contributed by atoms with Crippen LogP contribution in [0.2, 0.25) is 0 Å². The van der Waals surface area contributed by atoms with Gasteiger partial charge in [0.25, 0.3) is 0 Å². The van der Waals surface area contributed by atoms with Crippen LogP contribution in [0.1, 0.15) is 16.7 Å². The van der Waals surface area contributed by atoms with Crippen LogP contribution in [-0.4, -0.2) is 62.2 Å². The van der Waals surface area contributed by atoms with Gasteiger partial charge in [-0.25, -0.2) is 4.39 Å². The smallest absolute Gasteiger partial charge is 0.216 e.